The summed E-state index contributed by atoms with van der Waals surface area (Å²) in [6, 6.07) is 9.89. The molecule has 0 aliphatic carbocycles. The van der Waals surface area contributed by atoms with Gasteiger partial charge in [0.1, 0.15) is 4.83 Å². The number of nitrogens with zero attached hydrogens (tertiary/aromatic N) is 6. The van der Waals surface area contributed by atoms with Gasteiger partial charge in [-0.1, -0.05) is 37.3 Å². The van der Waals surface area contributed by atoms with Crippen molar-refractivity contribution >= 4 is 21.6 Å². The Kier molecular flexibility index (Phi) is 4.10. The van der Waals surface area contributed by atoms with Crippen molar-refractivity contribution in [2.45, 2.75) is 26.4 Å². The molecule has 3 heterocycles. The first kappa shape index (κ1) is 15.6. The Balaban J connectivity index is 1.80. The zero-order chi connectivity index (χ0) is 17.2. The molecular weight excluding hydrogens is 336 g/mol. The van der Waals surface area contributed by atoms with E-state index in [-0.39, 0.29) is 5.56 Å². The largest absolute Gasteiger partial charge is 0.291 e. The van der Waals surface area contributed by atoms with Gasteiger partial charge in [0.2, 0.25) is 0 Å². The van der Waals surface area contributed by atoms with Crippen molar-refractivity contribution in [1.82, 2.24) is 29.8 Å². The lowest BCUT2D eigenvalue weighted by Gasteiger charge is -2.06. The minimum Gasteiger partial charge on any atom is -0.291 e. The first-order valence-corrected chi connectivity index (χ1v) is 8.93. The van der Waals surface area contributed by atoms with Crippen molar-refractivity contribution in [1.29, 1.82) is 0 Å². The third kappa shape index (κ3) is 2.85. The van der Waals surface area contributed by atoms with Crippen LogP contribution in [0.2, 0.25) is 0 Å². The molecule has 0 aliphatic heterocycles. The molecule has 1 aromatic carbocycles. The fourth-order valence-electron chi connectivity index (χ4n) is 2.78. The van der Waals surface area contributed by atoms with E-state index in [1.54, 1.807) is 15.6 Å². The van der Waals surface area contributed by atoms with E-state index in [1.165, 1.54) is 11.3 Å². The zero-order valence-corrected chi connectivity index (χ0v) is 14.5. The lowest BCUT2D eigenvalue weighted by molar-refractivity contribution is 0.540. The van der Waals surface area contributed by atoms with Crippen LogP contribution in [0.25, 0.3) is 21.3 Å². The van der Waals surface area contributed by atoms with Crippen molar-refractivity contribution in [2.24, 2.45) is 0 Å². The number of rotatable bonds is 5. The summed E-state index contributed by atoms with van der Waals surface area (Å²) in [5.41, 5.74) is 1.86. The van der Waals surface area contributed by atoms with Crippen LogP contribution >= 0.6 is 11.3 Å². The third-order valence-corrected chi connectivity index (χ3v) is 4.89. The van der Waals surface area contributed by atoms with Crippen LogP contribution in [0.1, 0.15) is 19.2 Å². The van der Waals surface area contributed by atoms with Gasteiger partial charge in [-0.3, -0.25) is 9.36 Å². The summed E-state index contributed by atoms with van der Waals surface area (Å²) in [6.45, 7) is 3.09. The fourth-order valence-corrected chi connectivity index (χ4v) is 3.69. The quantitative estimate of drug-likeness (QED) is 0.551. The van der Waals surface area contributed by atoms with Crippen LogP contribution in [-0.4, -0.2) is 29.8 Å². The van der Waals surface area contributed by atoms with Crippen LogP contribution in [0.15, 0.2) is 46.8 Å². The second-order valence-electron chi connectivity index (χ2n) is 5.69. The summed E-state index contributed by atoms with van der Waals surface area (Å²) >= 11 is 1.48. The molecule has 0 saturated carbocycles. The molecule has 0 fully saturated rings. The summed E-state index contributed by atoms with van der Waals surface area (Å²) in [4.78, 5) is 18.2. The summed E-state index contributed by atoms with van der Waals surface area (Å²) in [7, 11) is 0. The van der Waals surface area contributed by atoms with Gasteiger partial charge < -0.3 is 0 Å². The van der Waals surface area contributed by atoms with Gasteiger partial charge in [0.05, 0.1) is 18.3 Å². The highest BCUT2D eigenvalue weighted by Crippen LogP contribution is 2.30. The molecule has 0 N–H and O–H groups in total. The highest BCUT2D eigenvalue weighted by Gasteiger charge is 2.15. The highest BCUT2D eigenvalue weighted by molar-refractivity contribution is 7.17. The van der Waals surface area contributed by atoms with Gasteiger partial charge in [-0.2, -0.15) is 0 Å². The van der Waals surface area contributed by atoms with Gasteiger partial charge in [0.25, 0.3) is 5.56 Å². The minimum atomic E-state index is -0.0730. The van der Waals surface area contributed by atoms with Crippen LogP contribution in [-0.2, 0) is 13.1 Å². The molecule has 3 aromatic heterocycles. The van der Waals surface area contributed by atoms with E-state index in [9.17, 15) is 4.79 Å². The van der Waals surface area contributed by atoms with E-state index in [2.05, 4.69) is 27.4 Å². The predicted molar refractivity (Wildman–Crippen MR) is 96.5 cm³/mol. The number of tetrazole rings is 1. The van der Waals surface area contributed by atoms with Gasteiger partial charge in [0.15, 0.2) is 5.82 Å². The van der Waals surface area contributed by atoms with Crippen LogP contribution in [0.3, 0.4) is 0 Å². The van der Waals surface area contributed by atoms with E-state index in [4.69, 9.17) is 0 Å². The summed E-state index contributed by atoms with van der Waals surface area (Å²) < 4.78 is 3.29. The smallest absolute Gasteiger partial charge is 0.263 e. The van der Waals surface area contributed by atoms with Crippen molar-refractivity contribution in [3.63, 3.8) is 0 Å². The van der Waals surface area contributed by atoms with Crippen LogP contribution in [0.4, 0.5) is 0 Å². The van der Waals surface area contributed by atoms with E-state index in [1.807, 2.05) is 35.7 Å². The second kappa shape index (κ2) is 6.56. The number of hydrogen-bond donors (Lipinski definition) is 0. The molecule has 0 saturated heterocycles. The average Bonchev–Trinajstić information content (AvgIpc) is 3.26. The normalized spacial score (nSPS) is 11.2. The Hall–Kier alpha value is -2.87. The molecule has 126 valence electrons. The minimum absolute atomic E-state index is 0.0730. The maximum absolute atomic E-state index is 13.0. The second-order valence-corrected chi connectivity index (χ2v) is 6.55. The Morgan fingerprint density at radius 2 is 2.04 bits per heavy atom. The molecule has 25 heavy (non-hydrogen) atoms. The molecule has 0 amide bonds. The highest BCUT2D eigenvalue weighted by atomic mass is 32.1. The van der Waals surface area contributed by atoms with E-state index in [0.717, 1.165) is 28.9 Å². The van der Waals surface area contributed by atoms with Gasteiger partial charge in [0, 0.05) is 17.5 Å². The molecular formula is C17H16N6OS. The maximum Gasteiger partial charge on any atom is 0.263 e. The Labute approximate surface area is 147 Å². The zero-order valence-electron chi connectivity index (χ0n) is 13.7. The van der Waals surface area contributed by atoms with E-state index < -0.39 is 0 Å². The molecule has 4 aromatic rings. The van der Waals surface area contributed by atoms with Gasteiger partial charge in [-0.05, 0) is 22.4 Å². The molecule has 4 rings (SSSR count). The Morgan fingerprint density at radius 3 is 2.84 bits per heavy atom. The number of fused-ring (bicyclic) bond motifs is 1. The lowest BCUT2D eigenvalue weighted by Crippen LogP contribution is -2.23. The topological polar surface area (TPSA) is 78.5 Å². The van der Waals surface area contributed by atoms with Gasteiger partial charge in [-0.15, -0.1) is 16.4 Å². The number of benzene rings is 1. The number of aryl methyl sites for hydroxylation is 1. The SMILES string of the molecule is CCCn1nnnc1Cn1cnc2scc(-c3ccccc3)c2c1=O. The first-order valence-electron chi connectivity index (χ1n) is 8.05. The number of thiophene rings is 1. The molecule has 7 nitrogen and oxygen atoms in total. The molecule has 8 heteroatoms. The Bertz CT molecular complexity index is 1070. The maximum atomic E-state index is 13.0. The molecule has 0 atom stereocenters. The number of aromatic nitrogens is 6. The van der Waals surface area contributed by atoms with Crippen molar-refractivity contribution in [3.05, 3.63) is 58.2 Å². The van der Waals surface area contributed by atoms with Gasteiger partial charge >= 0.3 is 0 Å². The van der Waals surface area contributed by atoms with Crippen molar-refractivity contribution in [3.8, 4) is 11.1 Å². The predicted octanol–water partition coefficient (Wildman–Crippen LogP) is 2.57. The van der Waals surface area contributed by atoms with Gasteiger partial charge in [-0.25, -0.2) is 9.67 Å². The van der Waals surface area contributed by atoms with E-state index in [0.29, 0.717) is 17.8 Å². The monoisotopic (exact) mass is 352 g/mol. The van der Waals surface area contributed by atoms with Crippen LogP contribution in [0.5, 0.6) is 0 Å². The van der Waals surface area contributed by atoms with Crippen molar-refractivity contribution in [2.75, 3.05) is 0 Å². The molecule has 0 radical (unpaired) electrons. The van der Waals surface area contributed by atoms with Crippen LogP contribution < -0.4 is 5.56 Å². The average molecular weight is 352 g/mol. The van der Waals surface area contributed by atoms with E-state index >= 15 is 0 Å². The summed E-state index contributed by atoms with van der Waals surface area (Å²) in [5, 5.41) is 14.4. The van der Waals surface area contributed by atoms with Crippen LogP contribution in [0, 0.1) is 0 Å². The number of hydrogen-bond acceptors (Lipinski definition) is 6. The molecule has 0 spiro atoms. The molecule has 0 aliphatic rings. The molecule has 0 bridgehead atoms. The fraction of sp³-hybridized carbons (Fsp3) is 0.235. The Morgan fingerprint density at radius 1 is 1.20 bits per heavy atom. The lowest BCUT2D eigenvalue weighted by atomic mass is 10.1. The first-order chi connectivity index (χ1) is 12.3. The standard InChI is InChI=1S/C17H16N6OS/c1-2-8-23-14(19-20-21-23)9-22-11-18-16-15(17(22)24)13(10-25-16)12-6-4-3-5-7-12/h3-7,10-11H,2,8-9H2,1H3. The summed E-state index contributed by atoms with van der Waals surface area (Å²) in [5.74, 6) is 0.654. The summed E-state index contributed by atoms with van der Waals surface area (Å²) in [6.07, 6.45) is 2.49. The van der Waals surface area contributed by atoms with Crippen molar-refractivity contribution < 1.29 is 0 Å². The molecule has 0 unspecified atom stereocenters. The third-order valence-electron chi connectivity index (χ3n) is 4.00.